The number of carbonyl (C=O) groups is 1. The Morgan fingerprint density at radius 1 is 1.53 bits per heavy atom. The van der Waals surface area contributed by atoms with Crippen LogP contribution in [0.3, 0.4) is 0 Å². The number of halogens is 2. The third-order valence-electron chi connectivity index (χ3n) is 3.30. The van der Waals surface area contributed by atoms with E-state index in [0.717, 1.165) is 12.8 Å². The molecular weight excluding hydrogens is 258 g/mol. The van der Waals surface area contributed by atoms with Crippen LogP contribution < -0.4 is 5.73 Å². The van der Waals surface area contributed by atoms with Gasteiger partial charge in [-0.1, -0.05) is 0 Å². The molecule has 1 heterocycles. The second-order valence-corrected chi connectivity index (χ2v) is 4.57. The Kier molecular flexibility index (Phi) is 7.19. The van der Waals surface area contributed by atoms with Crippen LogP contribution >= 0.6 is 0 Å². The maximum absolute atomic E-state index is 12.0. The number of alkyl halides is 2. The number of rotatable bonds is 7. The van der Waals surface area contributed by atoms with Crippen molar-refractivity contribution in [2.24, 2.45) is 5.73 Å². The van der Waals surface area contributed by atoms with E-state index in [1.807, 2.05) is 0 Å². The van der Waals surface area contributed by atoms with Crippen molar-refractivity contribution in [3.63, 3.8) is 0 Å². The van der Waals surface area contributed by atoms with Crippen LogP contribution in [0.4, 0.5) is 8.78 Å². The Morgan fingerprint density at radius 2 is 2.26 bits per heavy atom. The molecule has 1 aliphatic heterocycles. The number of nitrogens with two attached hydrogens (primary N) is 1. The number of likely N-dealkylation sites (tertiary alicyclic amines) is 1. The Hall–Kier alpha value is -0.790. The van der Waals surface area contributed by atoms with Crippen molar-refractivity contribution in [3.8, 4) is 0 Å². The molecule has 112 valence electrons. The second-order valence-electron chi connectivity index (χ2n) is 4.57. The van der Waals surface area contributed by atoms with Crippen LogP contribution in [0.15, 0.2) is 0 Å². The molecule has 1 amide bonds. The lowest BCUT2D eigenvalue weighted by Gasteiger charge is -2.38. The van der Waals surface area contributed by atoms with E-state index in [-0.39, 0.29) is 31.1 Å². The first kappa shape index (κ1) is 16.3. The minimum atomic E-state index is -2.50. The summed E-state index contributed by atoms with van der Waals surface area (Å²) in [5, 5.41) is 0. The maximum atomic E-state index is 12.0. The lowest BCUT2D eigenvalue weighted by molar-refractivity contribution is -0.138. The number of methoxy groups -OCH3 is 1. The van der Waals surface area contributed by atoms with Gasteiger partial charge in [-0.2, -0.15) is 0 Å². The summed E-state index contributed by atoms with van der Waals surface area (Å²) in [6.45, 7) is 0.363. The summed E-state index contributed by atoms with van der Waals surface area (Å²) in [6.07, 6.45) is -0.759. The molecule has 1 saturated heterocycles. The van der Waals surface area contributed by atoms with E-state index in [9.17, 15) is 13.6 Å². The Balaban J connectivity index is 2.34. The number of piperidine rings is 1. The average Bonchev–Trinajstić information content (AvgIpc) is 2.42. The van der Waals surface area contributed by atoms with Gasteiger partial charge in [0, 0.05) is 26.2 Å². The van der Waals surface area contributed by atoms with Crippen LogP contribution in [-0.4, -0.2) is 62.8 Å². The number of nitrogens with zero attached hydrogens (tertiary/aromatic N) is 1. The summed E-state index contributed by atoms with van der Waals surface area (Å²) < 4.78 is 33.7. The summed E-state index contributed by atoms with van der Waals surface area (Å²) in [4.78, 5) is 13.7. The van der Waals surface area contributed by atoms with Gasteiger partial charge in [0.15, 0.2) is 0 Å². The van der Waals surface area contributed by atoms with Crippen LogP contribution in [0.25, 0.3) is 0 Å². The fourth-order valence-corrected chi connectivity index (χ4v) is 2.26. The molecule has 0 spiro atoms. The average molecular weight is 280 g/mol. The van der Waals surface area contributed by atoms with Crippen molar-refractivity contribution in [3.05, 3.63) is 0 Å². The topological polar surface area (TPSA) is 64.8 Å². The van der Waals surface area contributed by atoms with Gasteiger partial charge in [-0.3, -0.25) is 4.79 Å². The van der Waals surface area contributed by atoms with Crippen LogP contribution in [0.1, 0.15) is 19.3 Å². The lowest BCUT2D eigenvalue weighted by atomic mass is 9.99. The highest BCUT2D eigenvalue weighted by Crippen LogP contribution is 2.19. The van der Waals surface area contributed by atoms with Gasteiger partial charge >= 0.3 is 0 Å². The Morgan fingerprint density at radius 3 is 2.84 bits per heavy atom. The van der Waals surface area contributed by atoms with E-state index < -0.39 is 13.0 Å². The number of hydrogen-bond donors (Lipinski definition) is 1. The van der Waals surface area contributed by atoms with Crippen molar-refractivity contribution >= 4 is 5.91 Å². The fraction of sp³-hybridized carbons (Fsp3) is 0.917. The maximum Gasteiger partial charge on any atom is 0.261 e. The van der Waals surface area contributed by atoms with Gasteiger partial charge in [0.25, 0.3) is 6.43 Å². The second kappa shape index (κ2) is 8.39. The molecule has 2 atom stereocenters. The van der Waals surface area contributed by atoms with E-state index in [4.69, 9.17) is 15.2 Å². The molecule has 2 N–H and O–H groups in total. The quantitative estimate of drug-likeness (QED) is 0.694. The normalized spacial score (nSPS) is 23.9. The number of carbonyl (C=O) groups excluding carboxylic acids is 1. The van der Waals surface area contributed by atoms with Crippen LogP contribution in [0, 0.1) is 0 Å². The molecule has 19 heavy (non-hydrogen) atoms. The lowest BCUT2D eigenvalue weighted by Crippen LogP contribution is -2.51. The summed E-state index contributed by atoms with van der Waals surface area (Å²) in [7, 11) is 1.65. The Labute approximate surface area is 112 Å². The standard InChI is InChI=1S/C12H22F2N2O3/c1-18-10-2-4-16(9(6-10)7-15)12(17)3-5-19-8-11(13)14/h9-11H,2-8,15H2,1H3. The van der Waals surface area contributed by atoms with Gasteiger partial charge in [0.05, 0.1) is 19.1 Å². The zero-order valence-electron chi connectivity index (χ0n) is 11.2. The smallest absolute Gasteiger partial charge is 0.261 e. The van der Waals surface area contributed by atoms with Crippen LogP contribution in [-0.2, 0) is 14.3 Å². The largest absolute Gasteiger partial charge is 0.381 e. The predicted octanol–water partition coefficient (Wildman–Crippen LogP) is 0.623. The van der Waals surface area contributed by atoms with Gasteiger partial charge in [-0.25, -0.2) is 8.78 Å². The van der Waals surface area contributed by atoms with Crippen LogP contribution in [0.5, 0.6) is 0 Å². The van der Waals surface area contributed by atoms with Crippen molar-refractivity contribution in [1.29, 1.82) is 0 Å². The van der Waals surface area contributed by atoms with Gasteiger partial charge in [-0.15, -0.1) is 0 Å². The van der Waals surface area contributed by atoms with Crippen molar-refractivity contribution in [2.75, 3.05) is 33.4 Å². The van der Waals surface area contributed by atoms with Gasteiger partial charge in [-0.05, 0) is 12.8 Å². The number of ether oxygens (including phenoxy) is 2. The molecule has 0 aromatic rings. The molecule has 7 heteroatoms. The molecule has 1 rings (SSSR count). The molecule has 0 aromatic carbocycles. The zero-order valence-corrected chi connectivity index (χ0v) is 11.2. The molecule has 0 saturated carbocycles. The first-order valence-corrected chi connectivity index (χ1v) is 6.46. The van der Waals surface area contributed by atoms with Gasteiger partial charge in [0.2, 0.25) is 5.91 Å². The van der Waals surface area contributed by atoms with E-state index in [0.29, 0.717) is 13.1 Å². The first-order valence-electron chi connectivity index (χ1n) is 6.46. The minimum Gasteiger partial charge on any atom is -0.381 e. The fourth-order valence-electron chi connectivity index (χ4n) is 2.26. The van der Waals surface area contributed by atoms with Gasteiger partial charge < -0.3 is 20.1 Å². The van der Waals surface area contributed by atoms with Gasteiger partial charge in [0.1, 0.15) is 6.61 Å². The van der Waals surface area contributed by atoms with Crippen LogP contribution in [0.2, 0.25) is 0 Å². The molecule has 1 fully saturated rings. The van der Waals surface area contributed by atoms with E-state index in [1.165, 1.54) is 0 Å². The molecule has 0 bridgehead atoms. The highest BCUT2D eigenvalue weighted by Gasteiger charge is 2.30. The zero-order chi connectivity index (χ0) is 14.3. The first-order chi connectivity index (χ1) is 9.08. The molecule has 0 aromatic heterocycles. The molecule has 1 aliphatic rings. The Bertz CT molecular complexity index is 280. The number of hydrogen-bond acceptors (Lipinski definition) is 4. The summed E-state index contributed by atoms with van der Waals surface area (Å²) in [5.41, 5.74) is 5.66. The summed E-state index contributed by atoms with van der Waals surface area (Å²) in [6, 6.07) is -0.0405. The van der Waals surface area contributed by atoms with Crippen molar-refractivity contribution in [1.82, 2.24) is 4.90 Å². The van der Waals surface area contributed by atoms with E-state index >= 15 is 0 Å². The molecule has 5 nitrogen and oxygen atoms in total. The third-order valence-corrected chi connectivity index (χ3v) is 3.30. The third kappa shape index (κ3) is 5.38. The monoisotopic (exact) mass is 280 g/mol. The van der Waals surface area contributed by atoms with E-state index in [1.54, 1.807) is 12.0 Å². The molecule has 2 unspecified atom stereocenters. The highest BCUT2D eigenvalue weighted by molar-refractivity contribution is 5.76. The SMILES string of the molecule is COC1CCN(C(=O)CCOCC(F)F)C(CN)C1. The predicted molar refractivity (Wildman–Crippen MR) is 66.0 cm³/mol. The molecular formula is C12H22F2N2O3. The highest BCUT2D eigenvalue weighted by atomic mass is 19.3. The van der Waals surface area contributed by atoms with Crippen molar-refractivity contribution < 1.29 is 23.0 Å². The van der Waals surface area contributed by atoms with E-state index in [2.05, 4.69) is 0 Å². The summed E-state index contributed by atoms with van der Waals surface area (Å²) >= 11 is 0. The number of amides is 1. The minimum absolute atomic E-state index is 0.0185. The summed E-state index contributed by atoms with van der Waals surface area (Å²) in [5.74, 6) is -0.0979. The molecule has 0 radical (unpaired) electrons. The molecule has 0 aliphatic carbocycles. The van der Waals surface area contributed by atoms with Crippen molar-refractivity contribution in [2.45, 2.75) is 37.8 Å².